The van der Waals surface area contributed by atoms with Crippen LogP contribution in [0.4, 0.5) is 5.69 Å². The summed E-state index contributed by atoms with van der Waals surface area (Å²) in [5.74, 6) is 2.52. The van der Waals surface area contributed by atoms with E-state index >= 15 is 0 Å². The van der Waals surface area contributed by atoms with Crippen molar-refractivity contribution in [2.45, 2.75) is 39.7 Å². The van der Waals surface area contributed by atoms with Crippen molar-refractivity contribution in [1.82, 2.24) is 5.32 Å². The van der Waals surface area contributed by atoms with Crippen molar-refractivity contribution in [3.05, 3.63) is 28.8 Å². The highest BCUT2D eigenvalue weighted by molar-refractivity contribution is 6.30. The van der Waals surface area contributed by atoms with Gasteiger partial charge in [-0.25, -0.2) is 0 Å². The minimum atomic E-state index is 0.687. The summed E-state index contributed by atoms with van der Waals surface area (Å²) in [4.78, 5) is 2.58. The standard InChI is InChI=1S/C18H27ClN2/c1-13(2)9-20-10-14-6-7-17(19)8-18(14)21-11-15-4-3-5-16(15)12-21/h6-8,13,15-16,20H,3-5,9-12H2,1-2H3. The summed E-state index contributed by atoms with van der Waals surface area (Å²) in [6.45, 7) is 8.95. The van der Waals surface area contributed by atoms with Crippen molar-refractivity contribution in [3.8, 4) is 0 Å². The molecule has 0 amide bonds. The third-order valence-electron chi connectivity index (χ3n) is 4.98. The average Bonchev–Trinajstić information content (AvgIpc) is 3.00. The molecule has 1 aromatic carbocycles. The van der Waals surface area contributed by atoms with E-state index in [4.69, 9.17) is 11.6 Å². The summed E-state index contributed by atoms with van der Waals surface area (Å²) in [6.07, 6.45) is 4.27. The molecule has 0 aromatic heterocycles. The molecule has 116 valence electrons. The maximum absolute atomic E-state index is 6.25. The molecule has 1 aromatic rings. The molecule has 0 spiro atoms. The van der Waals surface area contributed by atoms with Crippen molar-refractivity contribution < 1.29 is 0 Å². The number of hydrogen-bond acceptors (Lipinski definition) is 2. The highest BCUT2D eigenvalue weighted by atomic mass is 35.5. The van der Waals surface area contributed by atoms with Crippen LogP contribution in [0.15, 0.2) is 18.2 Å². The minimum Gasteiger partial charge on any atom is -0.371 e. The summed E-state index contributed by atoms with van der Waals surface area (Å²) in [6, 6.07) is 6.38. The Morgan fingerprint density at radius 1 is 1.24 bits per heavy atom. The monoisotopic (exact) mass is 306 g/mol. The number of rotatable bonds is 5. The molecular weight excluding hydrogens is 280 g/mol. The van der Waals surface area contributed by atoms with E-state index in [-0.39, 0.29) is 0 Å². The van der Waals surface area contributed by atoms with E-state index in [0.717, 1.165) is 29.9 Å². The van der Waals surface area contributed by atoms with Crippen LogP contribution in [0.5, 0.6) is 0 Å². The van der Waals surface area contributed by atoms with Crippen molar-refractivity contribution >= 4 is 17.3 Å². The van der Waals surface area contributed by atoms with E-state index in [0.29, 0.717) is 5.92 Å². The average molecular weight is 307 g/mol. The molecule has 1 heterocycles. The van der Waals surface area contributed by atoms with Crippen LogP contribution < -0.4 is 10.2 Å². The molecule has 1 aliphatic carbocycles. The van der Waals surface area contributed by atoms with Gasteiger partial charge in [-0.1, -0.05) is 37.9 Å². The third kappa shape index (κ3) is 3.54. The van der Waals surface area contributed by atoms with Gasteiger partial charge in [-0.15, -0.1) is 0 Å². The van der Waals surface area contributed by atoms with E-state index in [1.165, 1.54) is 43.6 Å². The molecular formula is C18H27ClN2. The molecule has 2 atom stereocenters. The first-order chi connectivity index (χ1) is 10.1. The Labute approximate surface area is 133 Å². The first kappa shape index (κ1) is 15.2. The Hall–Kier alpha value is -0.730. The van der Waals surface area contributed by atoms with Gasteiger partial charge in [-0.2, -0.15) is 0 Å². The van der Waals surface area contributed by atoms with Gasteiger partial charge >= 0.3 is 0 Å². The zero-order chi connectivity index (χ0) is 14.8. The van der Waals surface area contributed by atoms with Gasteiger partial charge in [0.25, 0.3) is 0 Å². The second kappa shape index (κ2) is 6.58. The van der Waals surface area contributed by atoms with E-state index in [1.807, 2.05) is 6.07 Å². The van der Waals surface area contributed by atoms with E-state index in [2.05, 4.69) is 36.2 Å². The second-order valence-corrected chi connectivity index (χ2v) is 7.59. The summed E-state index contributed by atoms with van der Waals surface area (Å²) in [5, 5.41) is 4.42. The van der Waals surface area contributed by atoms with Gasteiger partial charge < -0.3 is 10.2 Å². The van der Waals surface area contributed by atoms with Crippen LogP contribution >= 0.6 is 11.6 Å². The smallest absolute Gasteiger partial charge is 0.0426 e. The Morgan fingerprint density at radius 3 is 2.62 bits per heavy atom. The highest BCUT2D eigenvalue weighted by Gasteiger charge is 2.36. The van der Waals surface area contributed by atoms with Crippen LogP contribution in [-0.4, -0.2) is 19.6 Å². The van der Waals surface area contributed by atoms with Crippen LogP contribution in [0.3, 0.4) is 0 Å². The van der Waals surface area contributed by atoms with Crippen molar-refractivity contribution in [1.29, 1.82) is 0 Å². The summed E-state index contributed by atoms with van der Waals surface area (Å²) in [7, 11) is 0. The van der Waals surface area contributed by atoms with Crippen LogP contribution in [0.1, 0.15) is 38.7 Å². The fraction of sp³-hybridized carbons (Fsp3) is 0.667. The summed E-state index contributed by atoms with van der Waals surface area (Å²) < 4.78 is 0. The lowest BCUT2D eigenvalue weighted by Gasteiger charge is -2.23. The third-order valence-corrected chi connectivity index (χ3v) is 5.22. The van der Waals surface area contributed by atoms with Crippen LogP contribution in [0.25, 0.3) is 0 Å². The SMILES string of the molecule is CC(C)CNCc1ccc(Cl)cc1N1CC2CCCC2C1. The lowest BCUT2D eigenvalue weighted by atomic mass is 10.0. The zero-order valence-corrected chi connectivity index (χ0v) is 14.0. The van der Waals surface area contributed by atoms with Gasteiger partial charge in [-0.3, -0.25) is 0 Å². The number of benzene rings is 1. The first-order valence-corrected chi connectivity index (χ1v) is 8.75. The normalized spacial score (nSPS) is 24.9. The lowest BCUT2D eigenvalue weighted by Crippen LogP contribution is -2.25. The van der Waals surface area contributed by atoms with Gasteiger partial charge in [0.1, 0.15) is 0 Å². The van der Waals surface area contributed by atoms with Crippen LogP contribution in [-0.2, 0) is 6.54 Å². The molecule has 2 aliphatic rings. The molecule has 1 aliphatic heterocycles. The fourth-order valence-corrected chi connectivity index (χ4v) is 4.07. The molecule has 1 saturated heterocycles. The number of hydrogen-bond donors (Lipinski definition) is 1. The highest BCUT2D eigenvalue weighted by Crippen LogP contribution is 2.40. The molecule has 2 unspecified atom stereocenters. The molecule has 3 heteroatoms. The predicted molar refractivity (Wildman–Crippen MR) is 91.0 cm³/mol. The molecule has 2 nitrogen and oxygen atoms in total. The number of nitrogens with zero attached hydrogens (tertiary/aromatic N) is 1. The molecule has 21 heavy (non-hydrogen) atoms. The van der Waals surface area contributed by atoms with Crippen molar-refractivity contribution in [2.75, 3.05) is 24.5 Å². The van der Waals surface area contributed by atoms with Crippen molar-refractivity contribution in [3.63, 3.8) is 0 Å². The Kier molecular flexibility index (Phi) is 4.75. The molecule has 3 rings (SSSR count). The number of nitrogens with one attached hydrogen (secondary N) is 1. The van der Waals surface area contributed by atoms with E-state index in [1.54, 1.807) is 0 Å². The molecule has 0 radical (unpaired) electrons. The Bertz CT molecular complexity index is 474. The van der Waals surface area contributed by atoms with Gasteiger partial charge in [0.2, 0.25) is 0 Å². The molecule has 0 bridgehead atoms. The van der Waals surface area contributed by atoms with E-state index < -0.39 is 0 Å². The zero-order valence-electron chi connectivity index (χ0n) is 13.2. The largest absolute Gasteiger partial charge is 0.371 e. The molecule has 2 fully saturated rings. The van der Waals surface area contributed by atoms with Gasteiger partial charge in [0.15, 0.2) is 0 Å². The second-order valence-electron chi connectivity index (χ2n) is 7.15. The van der Waals surface area contributed by atoms with Crippen molar-refractivity contribution in [2.24, 2.45) is 17.8 Å². The summed E-state index contributed by atoms with van der Waals surface area (Å²) >= 11 is 6.25. The Morgan fingerprint density at radius 2 is 1.95 bits per heavy atom. The van der Waals surface area contributed by atoms with Crippen LogP contribution in [0, 0.1) is 17.8 Å². The quantitative estimate of drug-likeness (QED) is 0.871. The minimum absolute atomic E-state index is 0.687. The lowest BCUT2D eigenvalue weighted by molar-refractivity contribution is 0.494. The molecule has 1 N–H and O–H groups in total. The van der Waals surface area contributed by atoms with Gasteiger partial charge in [-0.05, 0) is 54.8 Å². The van der Waals surface area contributed by atoms with Crippen LogP contribution in [0.2, 0.25) is 5.02 Å². The van der Waals surface area contributed by atoms with Gasteiger partial charge in [0.05, 0.1) is 0 Å². The number of halogens is 1. The number of anilines is 1. The molecule has 1 saturated carbocycles. The fourth-order valence-electron chi connectivity index (χ4n) is 3.91. The first-order valence-electron chi connectivity index (χ1n) is 8.37. The summed E-state index contributed by atoms with van der Waals surface area (Å²) in [5.41, 5.74) is 2.74. The predicted octanol–water partition coefficient (Wildman–Crippen LogP) is 4.32. The number of fused-ring (bicyclic) bond motifs is 1. The Balaban J connectivity index is 1.72. The topological polar surface area (TPSA) is 15.3 Å². The van der Waals surface area contributed by atoms with Gasteiger partial charge in [0, 0.05) is 30.3 Å². The maximum Gasteiger partial charge on any atom is 0.0426 e. The van der Waals surface area contributed by atoms with E-state index in [9.17, 15) is 0 Å². The maximum atomic E-state index is 6.25.